The van der Waals surface area contributed by atoms with Gasteiger partial charge in [-0.2, -0.15) is 10.2 Å². The minimum Gasteiger partial charge on any atom is -0.497 e. The van der Waals surface area contributed by atoms with E-state index in [0.29, 0.717) is 23.0 Å². The molecule has 36 heavy (non-hydrogen) atoms. The largest absolute Gasteiger partial charge is 0.497 e. The Morgan fingerprint density at radius 3 is 2.50 bits per heavy atom. The summed E-state index contributed by atoms with van der Waals surface area (Å²) >= 11 is 6.35. The van der Waals surface area contributed by atoms with Crippen molar-refractivity contribution < 1.29 is 9.53 Å². The third-order valence-corrected chi connectivity index (χ3v) is 6.22. The number of aromatic nitrogens is 5. The molecule has 5 aromatic rings. The van der Waals surface area contributed by atoms with E-state index in [1.807, 2.05) is 68.4 Å². The molecule has 0 bridgehead atoms. The number of aryl methyl sites for hydroxylation is 2. The number of ether oxygens (including phenoxy) is 1. The summed E-state index contributed by atoms with van der Waals surface area (Å²) < 4.78 is 8.58. The van der Waals surface area contributed by atoms with Gasteiger partial charge in [0.1, 0.15) is 17.3 Å². The number of pyridine rings is 1. The molecule has 0 unspecified atom stereocenters. The predicted molar refractivity (Wildman–Crippen MR) is 140 cm³/mol. The molecule has 0 saturated heterocycles. The Bertz CT molecular complexity index is 1540. The van der Waals surface area contributed by atoms with Gasteiger partial charge >= 0.3 is 0 Å². The number of fused-ring (bicyclic) bond motifs is 1. The summed E-state index contributed by atoms with van der Waals surface area (Å²) in [7, 11) is 1.64. The van der Waals surface area contributed by atoms with E-state index in [2.05, 4.69) is 20.5 Å². The first-order valence-electron chi connectivity index (χ1n) is 11.5. The third kappa shape index (κ3) is 4.81. The van der Waals surface area contributed by atoms with Gasteiger partial charge in [0, 0.05) is 17.8 Å². The van der Waals surface area contributed by atoms with E-state index in [0.717, 1.165) is 33.5 Å². The van der Waals surface area contributed by atoms with Crippen LogP contribution in [0, 0.1) is 13.8 Å². The van der Waals surface area contributed by atoms with Gasteiger partial charge in [0.15, 0.2) is 11.5 Å². The molecule has 0 aliphatic heterocycles. The number of hydrogen-bond donors (Lipinski definition) is 1. The van der Waals surface area contributed by atoms with Crippen molar-refractivity contribution >= 4 is 34.4 Å². The molecule has 0 aliphatic carbocycles. The van der Waals surface area contributed by atoms with E-state index in [-0.39, 0.29) is 12.5 Å². The third-order valence-electron chi connectivity index (χ3n) is 5.94. The maximum atomic E-state index is 12.9. The number of anilines is 1. The van der Waals surface area contributed by atoms with Crippen LogP contribution in [0.3, 0.4) is 0 Å². The fraction of sp³-hybridized carbons (Fsp3) is 0.185. The van der Waals surface area contributed by atoms with Crippen LogP contribution in [0.1, 0.15) is 16.8 Å². The molecular weight excluding hydrogens is 476 g/mol. The first-order valence-corrected chi connectivity index (χ1v) is 11.8. The van der Waals surface area contributed by atoms with E-state index in [4.69, 9.17) is 16.3 Å². The molecule has 1 N–H and O–H groups in total. The summed E-state index contributed by atoms with van der Waals surface area (Å²) in [5, 5.41) is 13.1. The Hall–Kier alpha value is -4.17. The van der Waals surface area contributed by atoms with Crippen molar-refractivity contribution in [1.29, 1.82) is 0 Å². The first kappa shape index (κ1) is 23.6. The smallest absolute Gasteiger partial charge is 0.247 e. The van der Waals surface area contributed by atoms with E-state index in [1.165, 1.54) is 5.56 Å². The normalized spacial score (nSPS) is 11.1. The Morgan fingerprint density at radius 1 is 1.03 bits per heavy atom. The lowest BCUT2D eigenvalue weighted by molar-refractivity contribution is -0.116. The van der Waals surface area contributed by atoms with Crippen molar-refractivity contribution in [1.82, 2.24) is 24.5 Å². The van der Waals surface area contributed by atoms with Crippen LogP contribution in [0.15, 0.2) is 67.0 Å². The molecule has 2 aromatic carbocycles. The summed E-state index contributed by atoms with van der Waals surface area (Å²) in [5.41, 5.74) is 5.71. The van der Waals surface area contributed by atoms with Crippen LogP contribution in [-0.4, -0.2) is 37.6 Å². The van der Waals surface area contributed by atoms with Crippen LogP contribution in [0.2, 0.25) is 5.02 Å². The van der Waals surface area contributed by atoms with Crippen molar-refractivity contribution in [3.05, 3.63) is 88.8 Å². The van der Waals surface area contributed by atoms with Crippen molar-refractivity contribution in [2.24, 2.45) is 0 Å². The SMILES string of the molecule is COc1ccc(-c2ccnc3c2c(C)nn3CC(=O)Nc2nn(Cc3ccc(C)cc3)cc2Cl)cc1. The number of nitrogens with zero attached hydrogens (tertiary/aromatic N) is 5. The van der Waals surface area contributed by atoms with Gasteiger partial charge in [-0.15, -0.1) is 0 Å². The highest BCUT2D eigenvalue weighted by Gasteiger charge is 2.17. The van der Waals surface area contributed by atoms with Crippen LogP contribution >= 0.6 is 11.6 Å². The summed E-state index contributed by atoms with van der Waals surface area (Å²) in [6.45, 7) is 4.48. The van der Waals surface area contributed by atoms with Crippen LogP contribution in [0.4, 0.5) is 5.82 Å². The Kier molecular flexibility index (Phi) is 6.43. The fourth-order valence-electron chi connectivity index (χ4n) is 4.15. The van der Waals surface area contributed by atoms with Gasteiger partial charge in [-0.3, -0.25) is 9.48 Å². The minimum absolute atomic E-state index is 0.0233. The Balaban J connectivity index is 1.35. The predicted octanol–water partition coefficient (Wildman–Crippen LogP) is 5.26. The number of halogens is 1. The maximum Gasteiger partial charge on any atom is 0.247 e. The molecule has 0 radical (unpaired) electrons. The number of nitrogens with one attached hydrogen (secondary N) is 1. The number of rotatable bonds is 7. The zero-order valence-corrected chi connectivity index (χ0v) is 21.0. The number of amides is 1. The zero-order valence-electron chi connectivity index (χ0n) is 20.2. The zero-order chi connectivity index (χ0) is 25.2. The lowest BCUT2D eigenvalue weighted by Crippen LogP contribution is -2.20. The molecule has 0 aliphatic rings. The molecule has 1 amide bonds. The highest BCUT2D eigenvalue weighted by Crippen LogP contribution is 2.31. The van der Waals surface area contributed by atoms with Gasteiger partial charge in [0.25, 0.3) is 0 Å². The molecule has 0 atom stereocenters. The van der Waals surface area contributed by atoms with Gasteiger partial charge in [0.2, 0.25) is 5.91 Å². The van der Waals surface area contributed by atoms with Gasteiger partial charge in [-0.05, 0) is 48.7 Å². The molecule has 9 heteroatoms. The number of benzene rings is 2. The fourth-order valence-corrected chi connectivity index (χ4v) is 4.35. The second-order valence-electron chi connectivity index (χ2n) is 8.59. The Labute approximate surface area is 213 Å². The van der Waals surface area contributed by atoms with Gasteiger partial charge in [-0.25, -0.2) is 9.67 Å². The molecule has 3 heterocycles. The number of hydrogen-bond acceptors (Lipinski definition) is 5. The molecule has 5 rings (SSSR count). The van der Waals surface area contributed by atoms with Crippen LogP contribution < -0.4 is 10.1 Å². The topological polar surface area (TPSA) is 86.9 Å². The second kappa shape index (κ2) is 9.83. The lowest BCUT2D eigenvalue weighted by atomic mass is 10.0. The standard InChI is InChI=1S/C27H25ClN6O2/c1-17-4-6-19(7-5-17)14-33-15-23(28)26(32-33)30-24(35)16-34-27-25(18(2)31-34)22(12-13-29-27)20-8-10-21(36-3)11-9-20/h4-13,15H,14,16H2,1-3H3,(H,30,32,35). The summed E-state index contributed by atoms with van der Waals surface area (Å²) in [6, 6.07) is 17.9. The molecule has 3 aromatic heterocycles. The number of methoxy groups -OCH3 is 1. The quantitative estimate of drug-likeness (QED) is 0.329. The van der Waals surface area contributed by atoms with Crippen LogP contribution in [0.25, 0.3) is 22.2 Å². The molecule has 0 fully saturated rings. The van der Waals surface area contributed by atoms with Crippen LogP contribution in [-0.2, 0) is 17.9 Å². The van der Waals surface area contributed by atoms with Crippen molar-refractivity contribution in [2.75, 3.05) is 12.4 Å². The highest BCUT2D eigenvalue weighted by atomic mass is 35.5. The van der Waals surface area contributed by atoms with E-state index < -0.39 is 0 Å². The maximum absolute atomic E-state index is 12.9. The molecule has 8 nitrogen and oxygen atoms in total. The molecule has 0 saturated carbocycles. The average molecular weight is 501 g/mol. The number of carbonyl (C=O) groups excluding carboxylic acids is 1. The molecule has 0 spiro atoms. The molecular formula is C27H25ClN6O2. The van der Waals surface area contributed by atoms with E-state index in [1.54, 1.807) is 28.9 Å². The molecule has 182 valence electrons. The monoisotopic (exact) mass is 500 g/mol. The first-order chi connectivity index (χ1) is 17.4. The minimum atomic E-state index is -0.293. The van der Waals surface area contributed by atoms with Crippen LogP contribution in [0.5, 0.6) is 5.75 Å². The number of carbonyl (C=O) groups is 1. The van der Waals surface area contributed by atoms with Crippen molar-refractivity contribution in [2.45, 2.75) is 26.9 Å². The average Bonchev–Trinajstić information content (AvgIpc) is 3.38. The van der Waals surface area contributed by atoms with E-state index >= 15 is 0 Å². The van der Waals surface area contributed by atoms with Crippen molar-refractivity contribution in [3.63, 3.8) is 0 Å². The van der Waals surface area contributed by atoms with Gasteiger partial charge in [-0.1, -0.05) is 53.6 Å². The van der Waals surface area contributed by atoms with Gasteiger partial charge in [0.05, 0.1) is 19.3 Å². The lowest BCUT2D eigenvalue weighted by Gasteiger charge is -2.07. The summed E-state index contributed by atoms with van der Waals surface area (Å²) in [6.07, 6.45) is 3.42. The van der Waals surface area contributed by atoms with E-state index in [9.17, 15) is 4.79 Å². The summed E-state index contributed by atoms with van der Waals surface area (Å²) in [5.74, 6) is 0.806. The summed E-state index contributed by atoms with van der Waals surface area (Å²) in [4.78, 5) is 17.4. The van der Waals surface area contributed by atoms with Gasteiger partial charge < -0.3 is 10.1 Å². The highest BCUT2D eigenvalue weighted by molar-refractivity contribution is 6.33. The second-order valence-corrected chi connectivity index (χ2v) is 8.99. The Morgan fingerprint density at radius 2 is 1.78 bits per heavy atom. The van der Waals surface area contributed by atoms with Crippen molar-refractivity contribution in [3.8, 4) is 16.9 Å².